The lowest BCUT2D eigenvalue weighted by atomic mass is 9.79. The average molecular weight is 420 g/mol. The Kier molecular flexibility index (Phi) is 5.61. The number of piperidine rings is 1. The number of hydrogen-bond acceptors (Lipinski definition) is 4. The van der Waals surface area contributed by atoms with Gasteiger partial charge in [-0.15, -0.1) is 0 Å². The van der Waals surface area contributed by atoms with E-state index in [1.807, 2.05) is 4.90 Å². The topological polar surface area (TPSA) is 65.8 Å². The molecule has 1 atom stereocenters. The summed E-state index contributed by atoms with van der Waals surface area (Å²) < 4.78 is 18.3. The molecular formula is C21H23ClFN3O3. The molecule has 1 N–H and O–H groups in total. The van der Waals surface area contributed by atoms with Crippen molar-refractivity contribution in [2.24, 2.45) is 5.41 Å². The highest BCUT2D eigenvalue weighted by Crippen LogP contribution is 2.39. The van der Waals surface area contributed by atoms with Gasteiger partial charge in [0.05, 0.1) is 23.4 Å². The number of nitrogens with one attached hydrogen (secondary N) is 1. The molecule has 4 rings (SSSR count). The van der Waals surface area contributed by atoms with E-state index in [9.17, 15) is 14.0 Å². The van der Waals surface area contributed by atoms with Crippen molar-refractivity contribution in [3.63, 3.8) is 0 Å². The minimum atomic E-state index is -0.515. The van der Waals surface area contributed by atoms with Gasteiger partial charge in [-0.05, 0) is 50.1 Å². The van der Waals surface area contributed by atoms with E-state index in [4.69, 9.17) is 16.0 Å². The Labute approximate surface area is 173 Å². The number of likely N-dealkylation sites (tertiary alicyclic amines) is 2. The highest BCUT2D eigenvalue weighted by atomic mass is 35.5. The molecule has 0 aliphatic carbocycles. The first-order valence-corrected chi connectivity index (χ1v) is 10.1. The van der Waals surface area contributed by atoms with Crippen LogP contribution in [-0.2, 0) is 4.79 Å². The third-order valence-electron chi connectivity index (χ3n) is 5.80. The fourth-order valence-electron chi connectivity index (χ4n) is 4.43. The fraction of sp³-hybridized carbons (Fsp3) is 0.429. The standard InChI is InChI=1S/C21H23ClFN3O3/c22-17-10-16(2-3-18(17)23)24-19(27)11-25-7-1-5-21(13-25)6-8-26(14-21)20(28)15-4-9-29-12-15/h2-4,9-10,12H,1,5-8,11,13-14H2,(H,24,27). The molecule has 0 saturated carbocycles. The first kappa shape index (κ1) is 19.9. The lowest BCUT2D eigenvalue weighted by Crippen LogP contribution is -2.47. The number of carbonyl (C=O) groups is 2. The van der Waals surface area contributed by atoms with E-state index in [-0.39, 0.29) is 28.8 Å². The van der Waals surface area contributed by atoms with Crippen LogP contribution in [0, 0.1) is 11.2 Å². The van der Waals surface area contributed by atoms with Crippen molar-refractivity contribution in [1.82, 2.24) is 9.80 Å². The average Bonchev–Trinajstić information content (AvgIpc) is 3.35. The van der Waals surface area contributed by atoms with Crippen molar-refractivity contribution in [2.75, 3.05) is 38.0 Å². The molecule has 0 radical (unpaired) electrons. The van der Waals surface area contributed by atoms with Gasteiger partial charge >= 0.3 is 0 Å². The highest BCUT2D eigenvalue weighted by Gasteiger charge is 2.43. The second-order valence-corrected chi connectivity index (χ2v) is 8.39. The number of benzene rings is 1. The van der Waals surface area contributed by atoms with Crippen LogP contribution in [0.25, 0.3) is 0 Å². The predicted molar refractivity (Wildman–Crippen MR) is 107 cm³/mol. The van der Waals surface area contributed by atoms with Crippen LogP contribution in [0.15, 0.2) is 41.2 Å². The largest absolute Gasteiger partial charge is 0.472 e. The Balaban J connectivity index is 1.34. The monoisotopic (exact) mass is 419 g/mol. The van der Waals surface area contributed by atoms with Crippen LogP contribution in [0.4, 0.5) is 10.1 Å². The van der Waals surface area contributed by atoms with Crippen molar-refractivity contribution in [2.45, 2.75) is 19.3 Å². The Morgan fingerprint density at radius 1 is 1.21 bits per heavy atom. The molecule has 1 spiro atoms. The second kappa shape index (κ2) is 8.16. The smallest absolute Gasteiger partial charge is 0.257 e. The van der Waals surface area contributed by atoms with Crippen molar-refractivity contribution < 1.29 is 18.4 Å². The van der Waals surface area contributed by atoms with Gasteiger partial charge in [0.1, 0.15) is 12.1 Å². The second-order valence-electron chi connectivity index (χ2n) is 7.98. The van der Waals surface area contributed by atoms with Crippen LogP contribution in [0.2, 0.25) is 5.02 Å². The summed E-state index contributed by atoms with van der Waals surface area (Å²) in [6.45, 7) is 3.29. The van der Waals surface area contributed by atoms with Gasteiger partial charge in [-0.1, -0.05) is 11.6 Å². The van der Waals surface area contributed by atoms with Gasteiger partial charge in [0.2, 0.25) is 5.91 Å². The molecule has 1 unspecified atom stereocenters. The molecule has 0 bridgehead atoms. The Hall–Kier alpha value is -2.38. The molecular weight excluding hydrogens is 397 g/mol. The van der Waals surface area contributed by atoms with E-state index in [0.717, 1.165) is 38.9 Å². The quantitative estimate of drug-likeness (QED) is 0.821. The number of halogens is 2. The van der Waals surface area contributed by atoms with Crippen LogP contribution in [0.1, 0.15) is 29.6 Å². The van der Waals surface area contributed by atoms with Gasteiger partial charge in [0, 0.05) is 30.7 Å². The molecule has 2 amide bonds. The summed E-state index contributed by atoms with van der Waals surface area (Å²) in [7, 11) is 0. The summed E-state index contributed by atoms with van der Waals surface area (Å²) in [5, 5.41) is 2.75. The summed E-state index contributed by atoms with van der Waals surface area (Å²) in [6.07, 6.45) is 5.96. The normalized spacial score (nSPS) is 22.2. The van der Waals surface area contributed by atoms with E-state index in [0.29, 0.717) is 17.8 Å². The first-order valence-electron chi connectivity index (χ1n) is 9.73. The molecule has 2 aromatic rings. The molecule has 1 aromatic heterocycles. The van der Waals surface area contributed by atoms with E-state index < -0.39 is 5.82 Å². The summed E-state index contributed by atoms with van der Waals surface area (Å²) >= 11 is 5.77. The molecule has 2 aliphatic heterocycles. The van der Waals surface area contributed by atoms with Crippen LogP contribution in [0.5, 0.6) is 0 Å². The first-order chi connectivity index (χ1) is 13.9. The summed E-state index contributed by atoms with van der Waals surface area (Å²) in [5.41, 5.74) is 1.08. The molecule has 2 saturated heterocycles. The Morgan fingerprint density at radius 3 is 2.83 bits per heavy atom. The van der Waals surface area contributed by atoms with E-state index >= 15 is 0 Å². The number of carbonyl (C=O) groups excluding carboxylic acids is 2. The van der Waals surface area contributed by atoms with Gasteiger partial charge < -0.3 is 14.6 Å². The van der Waals surface area contributed by atoms with Crippen LogP contribution < -0.4 is 5.32 Å². The van der Waals surface area contributed by atoms with Crippen LogP contribution in [-0.4, -0.2) is 54.3 Å². The molecule has 6 nitrogen and oxygen atoms in total. The highest BCUT2D eigenvalue weighted by molar-refractivity contribution is 6.31. The maximum Gasteiger partial charge on any atom is 0.257 e. The number of hydrogen-bond donors (Lipinski definition) is 1. The number of nitrogens with zero attached hydrogens (tertiary/aromatic N) is 2. The van der Waals surface area contributed by atoms with E-state index in [1.54, 1.807) is 6.07 Å². The predicted octanol–water partition coefficient (Wildman–Crippen LogP) is 3.64. The zero-order valence-corrected chi connectivity index (χ0v) is 16.8. The molecule has 2 fully saturated rings. The fourth-order valence-corrected chi connectivity index (χ4v) is 4.61. The maximum atomic E-state index is 13.3. The Bertz CT molecular complexity index is 905. The van der Waals surface area contributed by atoms with Crippen molar-refractivity contribution in [3.05, 3.63) is 53.2 Å². The number of anilines is 1. The van der Waals surface area contributed by atoms with Gasteiger partial charge in [-0.2, -0.15) is 0 Å². The van der Waals surface area contributed by atoms with Crippen molar-refractivity contribution >= 4 is 29.1 Å². The SMILES string of the molecule is O=C(CN1CCCC2(CCN(C(=O)c3ccoc3)C2)C1)Nc1ccc(F)c(Cl)c1. The molecule has 3 heterocycles. The summed E-state index contributed by atoms with van der Waals surface area (Å²) in [5.74, 6) is -0.675. The third kappa shape index (κ3) is 4.46. The van der Waals surface area contributed by atoms with Crippen LogP contribution >= 0.6 is 11.6 Å². The Morgan fingerprint density at radius 2 is 2.07 bits per heavy atom. The zero-order chi connectivity index (χ0) is 20.4. The maximum absolute atomic E-state index is 13.3. The lowest BCUT2D eigenvalue weighted by molar-refractivity contribution is -0.118. The van der Waals surface area contributed by atoms with E-state index in [1.165, 1.54) is 30.7 Å². The number of rotatable bonds is 4. The van der Waals surface area contributed by atoms with Crippen molar-refractivity contribution in [3.8, 4) is 0 Å². The minimum Gasteiger partial charge on any atom is -0.472 e. The van der Waals surface area contributed by atoms with Gasteiger partial charge in [0.25, 0.3) is 5.91 Å². The molecule has 2 aliphatic rings. The van der Waals surface area contributed by atoms with Crippen LogP contribution in [0.3, 0.4) is 0 Å². The lowest BCUT2D eigenvalue weighted by Gasteiger charge is -2.40. The minimum absolute atomic E-state index is 0.00122. The zero-order valence-electron chi connectivity index (χ0n) is 16.0. The van der Waals surface area contributed by atoms with E-state index in [2.05, 4.69) is 10.2 Å². The summed E-state index contributed by atoms with van der Waals surface area (Å²) in [6, 6.07) is 5.82. The van der Waals surface area contributed by atoms with Gasteiger partial charge in [0.15, 0.2) is 0 Å². The van der Waals surface area contributed by atoms with Gasteiger partial charge in [-0.25, -0.2) is 4.39 Å². The molecule has 1 aromatic carbocycles. The molecule has 8 heteroatoms. The molecule has 154 valence electrons. The number of amides is 2. The van der Waals surface area contributed by atoms with Gasteiger partial charge in [-0.3, -0.25) is 14.5 Å². The number of furan rings is 1. The summed E-state index contributed by atoms with van der Waals surface area (Å²) in [4.78, 5) is 29.1. The van der Waals surface area contributed by atoms with Crippen molar-refractivity contribution in [1.29, 1.82) is 0 Å². The molecule has 29 heavy (non-hydrogen) atoms. The third-order valence-corrected chi connectivity index (χ3v) is 6.09.